The van der Waals surface area contributed by atoms with Gasteiger partial charge in [0.05, 0.1) is 18.2 Å². The molecule has 0 amide bonds. The standard InChI is InChI=1S/C13H15N3O3/c1-3-7-16-8-10(13(18)19-4-2)11(17)9-5-6-14-15-12(9)16/h5-6,8H,3-4,7H2,1-2H3. The Hall–Kier alpha value is -2.24. The van der Waals surface area contributed by atoms with Crippen molar-refractivity contribution in [3.63, 3.8) is 0 Å². The van der Waals surface area contributed by atoms with E-state index in [1.807, 2.05) is 6.92 Å². The zero-order chi connectivity index (χ0) is 13.8. The van der Waals surface area contributed by atoms with Crippen LogP contribution in [0.2, 0.25) is 0 Å². The molecule has 0 saturated carbocycles. The van der Waals surface area contributed by atoms with Crippen molar-refractivity contribution in [1.82, 2.24) is 14.8 Å². The van der Waals surface area contributed by atoms with Crippen molar-refractivity contribution in [2.45, 2.75) is 26.8 Å². The van der Waals surface area contributed by atoms with E-state index in [1.54, 1.807) is 17.6 Å². The lowest BCUT2D eigenvalue weighted by atomic mass is 10.2. The number of aromatic nitrogens is 3. The van der Waals surface area contributed by atoms with Crippen LogP contribution in [0.15, 0.2) is 23.3 Å². The van der Waals surface area contributed by atoms with Crippen LogP contribution in [0.4, 0.5) is 0 Å². The smallest absolute Gasteiger partial charge is 0.343 e. The average molecular weight is 261 g/mol. The van der Waals surface area contributed by atoms with Gasteiger partial charge in [-0.3, -0.25) is 4.79 Å². The van der Waals surface area contributed by atoms with Gasteiger partial charge in [0.1, 0.15) is 5.56 Å². The molecule has 0 aliphatic heterocycles. The molecule has 2 aromatic heterocycles. The van der Waals surface area contributed by atoms with Crippen LogP contribution in [0.25, 0.3) is 11.0 Å². The van der Waals surface area contributed by atoms with Gasteiger partial charge in [-0.2, -0.15) is 5.10 Å². The molecular formula is C13H15N3O3. The average Bonchev–Trinajstić information content (AvgIpc) is 2.42. The van der Waals surface area contributed by atoms with Crippen LogP contribution in [-0.4, -0.2) is 27.3 Å². The summed E-state index contributed by atoms with van der Waals surface area (Å²) in [6, 6.07) is 1.57. The molecule has 0 unspecified atom stereocenters. The van der Waals surface area contributed by atoms with Crippen molar-refractivity contribution in [3.05, 3.63) is 34.2 Å². The number of ether oxygens (including phenoxy) is 1. The number of esters is 1. The maximum Gasteiger partial charge on any atom is 0.343 e. The zero-order valence-electron chi connectivity index (χ0n) is 10.9. The van der Waals surface area contributed by atoms with E-state index in [9.17, 15) is 9.59 Å². The van der Waals surface area contributed by atoms with Crippen LogP contribution < -0.4 is 5.43 Å². The van der Waals surface area contributed by atoms with Crippen LogP contribution in [0.5, 0.6) is 0 Å². The lowest BCUT2D eigenvalue weighted by Crippen LogP contribution is -2.21. The summed E-state index contributed by atoms with van der Waals surface area (Å²) in [7, 11) is 0. The number of nitrogens with zero attached hydrogens (tertiary/aromatic N) is 3. The monoisotopic (exact) mass is 261 g/mol. The van der Waals surface area contributed by atoms with Crippen molar-refractivity contribution in [1.29, 1.82) is 0 Å². The van der Waals surface area contributed by atoms with Crippen LogP contribution in [0.3, 0.4) is 0 Å². The molecule has 19 heavy (non-hydrogen) atoms. The Kier molecular flexibility index (Phi) is 3.89. The van der Waals surface area contributed by atoms with E-state index in [1.165, 1.54) is 12.4 Å². The first-order valence-electron chi connectivity index (χ1n) is 6.21. The number of carbonyl (C=O) groups is 1. The highest BCUT2D eigenvalue weighted by molar-refractivity contribution is 5.92. The van der Waals surface area contributed by atoms with E-state index in [2.05, 4.69) is 10.2 Å². The largest absolute Gasteiger partial charge is 0.462 e. The highest BCUT2D eigenvalue weighted by Crippen LogP contribution is 2.09. The first-order chi connectivity index (χ1) is 9.19. The highest BCUT2D eigenvalue weighted by Gasteiger charge is 2.16. The normalized spacial score (nSPS) is 10.6. The number of rotatable bonds is 4. The number of fused-ring (bicyclic) bond motifs is 1. The Labute approximate surface area is 110 Å². The third-order valence-electron chi connectivity index (χ3n) is 2.71. The van der Waals surface area contributed by atoms with Gasteiger partial charge < -0.3 is 9.30 Å². The first-order valence-corrected chi connectivity index (χ1v) is 6.21. The van der Waals surface area contributed by atoms with Crippen molar-refractivity contribution >= 4 is 17.0 Å². The summed E-state index contributed by atoms with van der Waals surface area (Å²) in [6.07, 6.45) is 3.80. The lowest BCUT2D eigenvalue weighted by Gasteiger charge is -2.10. The van der Waals surface area contributed by atoms with Crippen LogP contribution >= 0.6 is 0 Å². The molecule has 0 N–H and O–H groups in total. The lowest BCUT2D eigenvalue weighted by molar-refractivity contribution is 0.0524. The summed E-state index contributed by atoms with van der Waals surface area (Å²) in [4.78, 5) is 24.0. The van der Waals surface area contributed by atoms with Gasteiger partial charge in [0, 0.05) is 12.7 Å². The van der Waals surface area contributed by atoms with Gasteiger partial charge in [-0.15, -0.1) is 5.10 Å². The Bertz CT molecular complexity index is 664. The summed E-state index contributed by atoms with van der Waals surface area (Å²) in [5.41, 5.74) is 0.161. The molecule has 0 aromatic carbocycles. The van der Waals surface area contributed by atoms with E-state index in [4.69, 9.17) is 4.74 Å². The van der Waals surface area contributed by atoms with Crippen LogP contribution in [0.1, 0.15) is 30.6 Å². The molecule has 0 spiro atoms. The molecule has 2 rings (SSSR count). The van der Waals surface area contributed by atoms with Crippen molar-refractivity contribution in [2.75, 3.05) is 6.61 Å². The van der Waals surface area contributed by atoms with Crippen molar-refractivity contribution < 1.29 is 9.53 Å². The molecule has 0 aliphatic rings. The van der Waals surface area contributed by atoms with Crippen LogP contribution in [0, 0.1) is 0 Å². The van der Waals surface area contributed by atoms with Gasteiger partial charge in [-0.25, -0.2) is 4.79 Å². The van der Waals surface area contributed by atoms with Crippen molar-refractivity contribution in [3.8, 4) is 0 Å². The molecular weight excluding hydrogens is 246 g/mol. The second-order valence-electron chi connectivity index (χ2n) is 4.05. The quantitative estimate of drug-likeness (QED) is 0.777. The third-order valence-corrected chi connectivity index (χ3v) is 2.71. The minimum atomic E-state index is -0.601. The van der Waals surface area contributed by atoms with Gasteiger partial charge >= 0.3 is 5.97 Å². The molecule has 0 radical (unpaired) electrons. The predicted octanol–water partition coefficient (Wildman–Crippen LogP) is 1.38. The number of carbonyl (C=O) groups excluding carboxylic acids is 1. The molecule has 6 nitrogen and oxygen atoms in total. The van der Waals surface area contributed by atoms with E-state index < -0.39 is 5.97 Å². The Balaban J connectivity index is 2.69. The highest BCUT2D eigenvalue weighted by atomic mass is 16.5. The first kappa shape index (κ1) is 13.2. The fourth-order valence-electron chi connectivity index (χ4n) is 1.90. The van der Waals surface area contributed by atoms with Gasteiger partial charge in [0.15, 0.2) is 5.65 Å². The van der Waals surface area contributed by atoms with E-state index in [-0.39, 0.29) is 17.6 Å². The minimum Gasteiger partial charge on any atom is -0.462 e. The van der Waals surface area contributed by atoms with E-state index in [0.717, 1.165) is 6.42 Å². The number of hydrogen-bond acceptors (Lipinski definition) is 5. The Morgan fingerprint density at radius 3 is 2.89 bits per heavy atom. The van der Waals surface area contributed by atoms with Crippen LogP contribution in [-0.2, 0) is 11.3 Å². The molecule has 2 heterocycles. The van der Waals surface area contributed by atoms with E-state index in [0.29, 0.717) is 17.6 Å². The number of aryl methyl sites for hydroxylation is 1. The predicted molar refractivity (Wildman–Crippen MR) is 70.0 cm³/mol. The molecule has 6 heteroatoms. The summed E-state index contributed by atoms with van der Waals surface area (Å²) in [5, 5.41) is 8.13. The number of hydrogen-bond donors (Lipinski definition) is 0. The number of pyridine rings is 1. The summed E-state index contributed by atoms with van der Waals surface area (Å²) >= 11 is 0. The molecule has 0 fully saturated rings. The van der Waals surface area contributed by atoms with Gasteiger partial charge in [-0.1, -0.05) is 6.92 Å². The summed E-state index contributed by atoms with van der Waals surface area (Å²) in [6.45, 7) is 4.60. The second-order valence-corrected chi connectivity index (χ2v) is 4.05. The maximum atomic E-state index is 12.2. The summed E-state index contributed by atoms with van der Waals surface area (Å²) < 4.78 is 6.66. The molecule has 0 saturated heterocycles. The van der Waals surface area contributed by atoms with Gasteiger partial charge in [-0.05, 0) is 19.4 Å². The second kappa shape index (κ2) is 5.60. The fourth-order valence-corrected chi connectivity index (χ4v) is 1.90. The SMILES string of the molecule is CCCn1cc(C(=O)OCC)c(=O)c2ccnnc21. The molecule has 0 aliphatic carbocycles. The summed E-state index contributed by atoms with van der Waals surface area (Å²) in [5.74, 6) is -0.601. The van der Waals surface area contributed by atoms with E-state index >= 15 is 0 Å². The fraction of sp³-hybridized carbons (Fsp3) is 0.385. The third kappa shape index (κ3) is 2.47. The zero-order valence-corrected chi connectivity index (χ0v) is 10.9. The molecule has 100 valence electrons. The van der Waals surface area contributed by atoms with Crippen molar-refractivity contribution in [2.24, 2.45) is 0 Å². The Morgan fingerprint density at radius 1 is 1.42 bits per heavy atom. The Morgan fingerprint density at radius 2 is 2.21 bits per heavy atom. The topological polar surface area (TPSA) is 74.1 Å². The molecule has 2 aromatic rings. The molecule has 0 bridgehead atoms. The van der Waals surface area contributed by atoms with Gasteiger partial charge in [0.2, 0.25) is 5.43 Å². The van der Waals surface area contributed by atoms with Gasteiger partial charge in [0.25, 0.3) is 0 Å². The maximum absolute atomic E-state index is 12.2. The molecule has 0 atom stereocenters. The minimum absolute atomic E-state index is 0.0378.